The highest BCUT2D eigenvalue weighted by Gasteiger charge is 2.33. The van der Waals surface area contributed by atoms with Gasteiger partial charge < -0.3 is 20.8 Å². The highest BCUT2D eigenvalue weighted by atomic mass is 19.4. The zero-order valence-corrected chi connectivity index (χ0v) is 18.2. The van der Waals surface area contributed by atoms with Crippen LogP contribution in [0.25, 0.3) is 0 Å². The SMILES string of the molecule is Nc1cncc(C(F)(F)F)n1.O=C(c1ccc(Cc2ccccc2)cc1)N1CCC(O)C(O)C1. The topological polar surface area (TPSA) is 113 Å². The Bertz CT molecular complexity index is 1080. The maximum atomic E-state index is 12.5. The molecule has 7 nitrogen and oxygen atoms in total. The molecular weight excluding hydrogens is 449 g/mol. The van der Waals surface area contributed by atoms with Crippen molar-refractivity contribution in [2.45, 2.75) is 31.2 Å². The molecule has 34 heavy (non-hydrogen) atoms. The normalized spacial score (nSPS) is 18.1. The Balaban J connectivity index is 0.000000248. The van der Waals surface area contributed by atoms with Crippen molar-refractivity contribution in [3.8, 4) is 0 Å². The Morgan fingerprint density at radius 2 is 1.65 bits per heavy atom. The van der Waals surface area contributed by atoms with Crippen molar-refractivity contribution in [2.75, 3.05) is 18.8 Å². The van der Waals surface area contributed by atoms with Crippen LogP contribution in [-0.4, -0.2) is 56.3 Å². The van der Waals surface area contributed by atoms with Gasteiger partial charge in [-0.05, 0) is 36.1 Å². The number of halogens is 3. The number of aromatic nitrogens is 2. The maximum Gasteiger partial charge on any atom is 0.434 e. The molecule has 2 unspecified atom stereocenters. The average Bonchev–Trinajstić information content (AvgIpc) is 2.81. The number of carbonyl (C=O) groups excluding carboxylic acids is 1. The standard InChI is InChI=1S/C19H21NO3.C5H4F3N3/c21-17-10-11-20(13-18(17)22)19(23)16-8-6-15(7-9-16)12-14-4-2-1-3-5-14;6-5(7,8)3-1-10-2-4(9)11-3/h1-9,17-18,21-22H,10-13H2;1-2H,(H2,9,11). The lowest BCUT2D eigenvalue weighted by Crippen LogP contribution is -2.48. The van der Waals surface area contributed by atoms with Crippen LogP contribution in [0.5, 0.6) is 0 Å². The van der Waals surface area contributed by atoms with Gasteiger partial charge in [0, 0.05) is 18.7 Å². The summed E-state index contributed by atoms with van der Waals surface area (Å²) in [5, 5.41) is 19.2. The van der Waals surface area contributed by atoms with Crippen molar-refractivity contribution in [1.29, 1.82) is 0 Å². The Kier molecular flexibility index (Phi) is 8.19. The highest BCUT2D eigenvalue weighted by Crippen LogP contribution is 2.26. The van der Waals surface area contributed by atoms with Crippen LogP contribution in [0.1, 0.15) is 33.6 Å². The van der Waals surface area contributed by atoms with Crippen LogP contribution in [0.15, 0.2) is 67.0 Å². The molecule has 4 N–H and O–H groups in total. The van der Waals surface area contributed by atoms with Crippen molar-refractivity contribution >= 4 is 11.7 Å². The Morgan fingerprint density at radius 1 is 1.00 bits per heavy atom. The zero-order valence-electron chi connectivity index (χ0n) is 18.2. The van der Waals surface area contributed by atoms with E-state index in [1.807, 2.05) is 42.5 Å². The van der Waals surface area contributed by atoms with Gasteiger partial charge in [0.2, 0.25) is 0 Å². The molecule has 4 rings (SSSR count). The van der Waals surface area contributed by atoms with E-state index in [0.29, 0.717) is 24.7 Å². The summed E-state index contributed by atoms with van der Waals surface area (Å²) < 4.78 is 35.4. The second-order valence-corrected chi connectivity index (χ2v) is 7.86. The maximum absolute atomic E-state index is 12.5. The second-order valence-electron chi connectivity index (χ2n) is 7.86. The largest absolute Gasteiger partial charge is 0.434 e. The first-order valence-corrected chi connectivity index (χ1v) is 10.6. The molecule has 1 saturated heterocycles. The summed E-state index contributed by atoms with van der Waals surface area (Å²) in [6.45, 7) is 0.661. The molecule has 0 spiro atoms. The minimum absolute atomic E-state index is 0.0952. The number of hydrogen-bond donors (Lipinski definition) is 3. The number of benzene rings is 2. The van der Waals surface area contributed by atoms with Crippen molar-refractivity contribution in [1.82, 2.24) is 14.9 Å². The third-order valence-corrected chi connectivity index (χ3v) is 5.23. The monoisotopic (exact) mass is 474 g/mol. The number of likely N-dealkylation sites (tertiary alicyclic amines) is 1. The van der Waals surface area contributed by atoms with Crippen molar-refractivity contribution in [2.24, 2.45) is 0 Å². The van der Waals surface area contributed by atoms with E-state index in [-0.39, 0.29) is 18.3 Å². The van der Waals surface area contributed by atoms with Gasteiger partial charge in [-0.1, -0.05) is 42.5 Å². The summed E-state index contributed by atoms with van der Waals surface area (Å²) in [5.41, 5.74) is 6.92. The Hall–Kier alpha value is -3.50. The fourth-order valence-corrected chi connectivity index (χ4v) is 3.40. The van der Waals surface area contributed by atoms with E-state index in [0.717, 1.165) is 18.2 Å². The van der Waals surface area contributed by atoms with Crippen LogP contribution in [0.4, 0.5) is 19.0 Å². The van der Waals surface area contributed by atoms with E-state index < -0.39 is 24.1 Å². The molecule has 2 aromatic carbocycles. The molecule has 1 amide bonds. The lowest BCUT2D eigenvalue weighted by atomic mass is 10.0. The predicted molar refractivity (Wildman–Crippen MR) is 120 cm³/mol. The van der Waals surface area contributed by atoms with Crippen molar-refractivity contribution in [3.05, 3.63) is 89.4 Å². The number of aliphatic hydroxyl groups excluding tert-OH is 2. The molecule has 2 heterocycles. The molecule has 1 aromatic heterocycles. The van der Waals surface area contributed by atoms with Gasteiger partial charge in [0.25, 0.3) is 5.91 Å². The molecule has 0 aliphatic carbocycles. The first kappa shape index (κ1) is 25.1. The number of amides is 1. The molecule has 0 bridgehead atoms. The van der Waals surface area contributed by atoms with Gasteiger partial charge in [0.15, 0.2) is 5.69 Å². The summed E-state index contributed by atoms with van der Waals surface area (Å²) in [6, 6.07) is 17.8. The van der Waals surface area contributed by atoms with Crippen molar-refractivity contribution < 1.29 is 28.2 Å². The van der Waals surface area contributed by atoms with E-state index in [4.69, 9.17) is 5.73 Å². The fourth-order valence-electron chi connectivity index (χ4n) is 3.40. The summed E-state index contributed by atoms with van der Waals surface area (Å²) in [4.78, 5) is 20.3. The van der Waals surface area contributed by atoms with E-state index >= 15 is 0 Å². The molecular formula is C24H25F3N4O3. The highest BCUT2D eigenvalue weighted by molar-refractivity contribution is 5.94. The number of aliphatic hydroxyl groups is 2. The van der Waals surface area contributed by atoms with Gasteiger partial charge in [0.1, 0.15) is 5.82 Å². The number of nitrogen functional groups attached to an aromatic ring is 1. The number of anilines is 1. The lowest BCUT2D eigenvalue weighted by Gasteiger charge is -2.33. The molecule has 3 aromatic rings. The molecule has 2 atom stereocenters. The quantitative estimate of drug-likeness (QED) is 0.538. The van der Waals surface area contributed by atoms with Gasteiger partial charge in [-0.15, -0.1) is 0 Å². The summed E-state index contributed by atoms with van der Waals surface area (Å²) in [6.07, 6.45) is -3.13. The number of rotatable bonds is 3. The smallest absolute Gasteiger partial charge is 0.390 e. The van der Waals surface area contributed by atoms with E-state index in [1.54, 1.807) is 4.90 Å². The van der Waals surface area contributed by atoms with Gasteiger partial charge in [-0.25, -0.2) is 4.98 Å². The molecule has 1 aliphatic rings. The second kappa shape index (κ2) is 11.1. The average molecular weight is 474 g/mol. The summed E-state index contributed by atoms with van der Waals surface area (Å²) in [5.74, 6) is -0.331. The number of carbonyl (C=O) groups is 1. The molecule has 0 saturated carbocycles. The fraction of sp³-hybridized carbons (Fsp3) is 0.292. The number of piperidine rings is 1. The molecule has 1 aliphatic heterocycles. The van der Waals surface area contributed by atoms with Gasteiger partial charge >= 0.3 is 6.18 Å². The van der Waals surface area contributed by atoms with Gasteiger partial charge in [-0.2, -0.15) is 13.2 Å². The number of nitrogens with two attached hydrogens (primary N) is 1. The number of hydrogen-bond acceptors (Lipinski definition) is 6. The number of β-amino-alcohol motifs (C(OH)–C–C–N with tert-alkyl or cyclic N) is 1. The van der Waals surface area contributed by atoms with Crippen LogP contribution in [0.3, 0.4) is 0 Å². The number of nitrogens with zero attached hydrogens (tertiary/aromatic N) is 3. The molecule has 180 valence electrons. The van der Waals surface area contributed by atoms with E-state index in [9.17, 15) is 28.2 Å². The molecule has 0 radical (unpaired) electrons. The Labute approximate surface area is 194 Å². The van der Waals surface area contributed by atoms with Crippen LogP contribution in [0, 0.1) is 0 Å². The van der Waals surface area contributed by atoms with E-state index in [1.165, 1.54) is 5.56 Å². The zero-order chi connectivity index (χ0) is 24.7. The first-order valence-electron chi connectivity index (χ1n) is 10.6. The molecule has 1 fully saturated rings. The van der Waals surface area contributed by atoms with Crippen LogP contribution >= 0.6 is 0 Å². The van der Waals surface area contributed by atoms with Crippen LogP contribution in [-0.2, 0) is 12.6 Å². The van der Waals surface area contributed by atoms with Crippen molar-refractivity contribution in [3.63, 3.8) is 0 Å². The van der Waals surface area contributed by atoms with E-state index in [2.05, 4.69) is 22.1 Å². The third kappa shape index (κ3) is 7.00. The van der Waals surface area contributed by atoms with Crippen LogP contribution in [0.2, 0.25) is 0 Å². The Morgan fingerprint density at radius 3 is 2.21 bits per heavy atom. The minimum atomic E-state index is -4.47. The predicted octanol–water partition coefficient (Wildman–Crippen LogP) is 2.92. The van der Waals surface area contributed by atoms with Crippen LogP contribution < -0.4 is 5.73 Å². The third-order valence-electron chi connectivity index (χ3n) is 5.23. The number of alkyl halides is 3. The summed E-state index contributed by atoms with van der Waals surface area (Å²) in [7, 11) is 0. The summed E-state index contributed by atoms with van der Waals surface area (Å²) >= 11 is 0. The van der Waals surface area contributed by atoms with Gasteiger partial charge in [-0.3, -0.25) is 9.78 Å². The lowest BCUT2D eigenvalue weighted by molar-refractivity contribution is -0.141. The van der Waals surface area contributed by atoms with Gasteiger partial charge in [0.05, 0.1) is 24.6 Å². The molecule has 10 heteroatoms. The first-order chi connectivity index (χ1) is 16.1. The minimum Gasteiger partial charge on any atom is -0.390 e.